The first-order valence-corrected chi connectivity index (χ1v) is 7.19. The van der Waals surface area contributed by atoms with Crippen LogP contribution in [0.25, 0.3) is 0 Å². The van der Waals surface area contributed by atoms with Crippen molar-refractivity contribution in [2.75, 3.05) is 6.54 Å². The van der Waals surface area contributed by atoms with Crippen LogP contribution in [0.4, 0.5) is 0 Å². The van der Waals surface area contributed by atoms with Crippen LogP contribution in [0.2, 0.25) is 0 Å². The van der Waals surface area contributed by atoms with Crippen LogP contribution in [0.3, 0.4) is 0 Å². The number of hydrogen-bond donors (Lipinski definition) is 1. The predicted molar refractivity (Wildman–Crippen MR) is 76.5 cm³/mol. The number of aryl methyl sites for hydroxylation is 1. The SMILES string of the molecule is CCCCC(CC)CNC(C)c1nccnc1C. The summed E-state index contributed by atoms with van der Waals surface area (Å²) in [7, 11) is 0. The molecule has 0 aliphatic rings. The Kier molecular flexibility index (Phi) is 6.88. The van der Waals surface area contributed by atoms with Gasteiger partial charge < -0.3 is 5.32 Å². The van der Waals surface area contributed by atoms with Crippen molar-refractivity contribution in [2.45, 2.75) is 59.4 Å². The average Bonchev–Trinajstić information content (AvgIpc) is 2.39. The van der Waals surface area contributed by atoms with E-state index in [0.717, 1.165) is 23.9 Å². The summed E-state index contributed by atoms with van der Waals surface area (Å²) in [6.45, 7) is 9.80. The molecule has 18 heavy (non-hydrogen) atoms. The first-order chi connectivity index (χ1) is 8.69. The number of aromatic nitrogens is 2. The molecular weight excluding hydrogens is 222 g/mol. The standard InChI is InChI=1S/C15H27N3/c1-5-7-8-14(6-2)11-18-13(4)15-12(3)16-9-10-17-15/h9-10,13-14,18H,5-8,11H2,1-4H3. The number of unbranched alkanes of at least 4 members (excludes halogenated alkanes) is 1. The lowest BCUT2D eigenvalue weighted by atomic mass is 9.99. The van der Waals surface area contributed by atoms with Crippen molar-refractivity contribution < 1.29 is 0 Å². The first kappa shape index (κ1) is 15.1. The van der Waals surface area contributed by atoms with Gasteiger partial charge in [-0.05, 0) is 32.7 Å². The molecule has 1 heterocycles. The zero-order chi connectivity index (χ0) is 13.4. The second-order valence-electron chi connectivity index (χ2n) is 5.07. The van der Waals surface area contributed by atoms with Crippen molar-refractivity contribution >= 4 is 0 Å². The maximum Gasteiger partial charge on any atom is 0.0782 e. The minimum Gasteiger partial charge on any atom is -0.309 e. The van der Waals surface area contributed by atoms with Crippen molar-refractivity contribution in [2.24, 2.45) is 5.92 Å². The van der Waals surface area contributed by atoms with Crippen molar-refractivity contribution in [3.05, 3.63) is 23.8 Å². The summed E-state index contributed by atoms with van der Waals surface area (Å²) in [5.74, 6) is 0.782. The topological polar surface area (TPSA) is 37.8 Å². The van der Waals surface area contributed by atoms with Crippen LogP contribution in [-0.2, 0) is 0 Å². The Morgan fingerprint density at radius 1 is 1.22 bits per heavy atom. The highest BCUT2D eigenvalue weighted by Crippen LogP contribution is 2.15. The molecule has 0 saturated heterocycles. The summed E-state index contributed by atoms with van der Waals surface area (Å²) in [5, 5.41) is 3.60. The number of nitrogens with one attached hydrogen (secondary N) is 1. The Morgan fingerprint density at radius 3 is 2.56 bits per heavy atom. The molecule has 0 spiro atoms. The molecule has 2 atom stereocenters. The molecule has 3 nitrogen and oxygen atoms in total. The molecule has 0 amide bonds. The Morgan fingerprint density at radius 2 is 1.94 bits per heavy atom. The van der Waals surface area contributed by atoms with Crippen LogP contribution >= 0.6 is 0 Å². The highest BCUT2D eigenvalue weighted by Gasteiger charge is 2.12. The van der Waals surface area contributed by atoms with Gasteiger partial charge in [-0.2, -0.15) is 0 Å². The maximum absolute atomic E-state index is 4.42. The largest absolute Gasteiger partial charge is 0.309 e. The highest BCUT2D eigenvalue weighted by atomic mass is 14.9. The Bertz CT molecular complexity index is 338. The lowest BCUT2D eigenvalue weighted by Crippen LogP contribution is -2.26. The highest BCUT2D eigenvalue weighted by molar-refractivity contribution is 5.12. The predicted octanol–water partition coefficient (Wildman–Crippen LogP) is 3.65. The van der Waals surface area contributed by atoms with Gasteiger partial charge in [0.1, 0.15) is 0 Å². The van der Waals surface area contributed by atoms with Gasteiger partial charge in [-0.15, -0.1) is 0 Å². The minimum absolute atomic E-state index is 0.286. The normalized spacial score (nSPS) is 14.4. The fraction of sp³-hybridized carbons (Fsp3) is 0.733. The minimum atomic E-state index is 0.286. The van der Waals surface area contributed by atoms with Gasteiger partial charge in [0, 0.05) is 18.4 Å². The number of rotatable bonds is 8. The third-order valence-electron chi connectivity index (χ3n) is 3.59. The molecule has 0 aromatic carbocycles. The monoisotopic (exact) mass is 249 g/mol. The molecule has 1 rings (SSSR count). The lowest BCUT2D eigenvalue weighted by Gasteiger charge is -2.20. The van der Waals surface area contributed by atoms with Crippen molar-refractivity contribution in [3.8, 4) is 0 Å². The second-order valence-corrected chi connectivity index (χ2v) is 5.07. The van der Waals surface area contributed by atoms with Crippen molar-refractivity contribution in [1.29, 1.82) is 0 Å². The summed E-state index contributed by atoms with van der Waals surface area (Å²) < 4.78 is 0. The van der Waals surface area contributed by atoms with Crippen LogP contribution < -0.4 is 5.32 Å². The van der Waals surface area contributed by atoms with Crippen LogP contribution in [0.1, 0.15) is 63.9 Å². The summed E-state index contributed by atoms with van der Waals surface area (Å²) in [6, 6.07) is 0.286. The van der Waals surface area contributed by atoms with E-state index in [9.17, 15) is 0 Å². The summed E-state index contributed by atoms with van der Waals surface area (Å²) in [5.41, 5.74) is 2.10. The van der Waals surface area contributed by atoms with E-state index in [1.165, 1.54) is 25.7 Å². The van der Waals surface area contributed by atoms with E-state index < -0.39 is 0 Å². The van der Waals surface area contributed by atoms with E-state index in [-0.39, 0.29) is 6.04 Å². The second kappa shape index (κ2) is 8.20. The molecule has 0 saturated carbocycles. The molecule has 0 bridgehead atoms. The summed E-state index contributed by atoms with van der Waals surface area (Å²) >= 11 is 0. The van der Waals surface area contributed by atoms with E-state index in [0.29, 0.717) is 0 Å². The summed E-state index contributed by atoms with van der Waals surface area (Å²) in [6.07, 6.45) is 8.72. The molecule has 1 aromatic rings. The molecule has 0 radical (unpaired) electrons. The lowest BCUT2D eigenvalue weighted by molar-refractivity contribution is 0.395. The van der Waals surface area contributed by atoms with Crippen LogP contribution in [0.15, 0.2) is 12.4 Å². The van der Waals surface area contributed by atoms with Crippen LogP contribution in [0, 0.1) is 12.8 Å². The number of hydrogen-bond acceptors (Lipinski definition) is 3. The van der Waals surface area contributed by atoms with Gasteiger partial charge in [-0.25, -0.2) is 0 Å². The van der Waals surface area contributed by atoms with E-state index in [2.05, 4.69) is 36.1 Å². The fourth-order valence-corrected chi connectivity index (χ4v) is 2.23. The van der Waals surface area contributed by atoms with E-state index in [4.69, 9.17) is 0 Å². The van der Waals surface area contributed by atoms with Crippen molar-refractivity contribution in [3.63, 3.8) is 0 Å². The third kappa shape index (κ3) is 4.73. The van der Waals surface area contributed by atoms with Crippen molar-refractivity contribution in [1.82, 2.24) is 15.3 Å². The molecular formula is C15H27N3. The van der Waals surface area contributed by atoms with Crippen LogP contribution in [-0.4, -0.2) is 16.5 Å². The van der Waals surface area contributed by atoms with E-state index in [1.807, 2.05) is 6.92 Å². The zero-order valence-corrected chi connectivity index (χ0v) is 12.2. The molecule has 3 heteroatoms. The third-order valence-corrected chi connectivity index (χ3v) is 3.59. The molecule has 1 N–H and O–H groups in total. The quantitative estimate of drug-likeness (QED) is 0.764. The Balaban J connectivity index is 2.44. The van der Waals surface area contributed by atoms with E-state index in [1.54, 1.807) is 12.4 Å². The fourth-order valence-electron chi connectivity index (χ4n) is 2.23. The smallest absolute Gasteiger partial charge is 0.0782 e. The molecule has 1 aromatic heterocycles. The van der Waals surface area contributed by atoms with Gasteiger partial charge in [-0.3, -0.25) is 9.97 Å². The van der Waals surface area contributed by atoms with E-state index >= 15 is 0 Å². The van der Waals surface area contributed by atoms with Gasteiger partial charge in [0.25, 0.3) is 0 Å². The molecule has 2 unspecified atom stereocenters. The molecule has 0 fully saturated rings. The van der Waals surface area contributed by atoms with Gasteiger partial charge in [0.2, 0.25) is 0 Å². The Labute approximate surface area is 111 Å². The Hall–Kier alpha value is -0.960. The van der Waals surface area contributed by atoms with Gasteiger partial charge in [-0.1, -0.05) is 33.1 Å². The summed E-state index contributed by atoms with van der Waals surface area (Å²) in [4.78, 5) is 8.71. The number of nitrogens with zero attached hydrogens (tertiary/aromatic N) is 2. The van der Waals surface area contributed by atoms with Crippen LogP contribution in [0.5, 0.6) is 0 Å². The van der Waals surface area contributed by atoms with Gasteiger partial charge >= 0.3 is 0 Å². The van der Waals surface area contributed by atoms with Gasteiger partial charge in [0.05, 0.1) is 11.4 Å². The maximum atomic E-state index is 4.42. The molecule has 0 aliphatic carbocycles. The van der Waals surface area contributed by atoms with Gasteiger partial charge in [0.15, 0.2) is 0 Å². The first-order valence-electron chi connectivity index (χ1n) is 7.19. The zero-order valence-electron chi connectivity index (χ0n) is 12.2. The average molecular weight is 249 g/mol. The molecule has 102 valence electrons. The molecule has 0 aliphatic heterocycles.